The largest absolute Gasteiger partial charge is 0.504 e. The molecule has 0 radical (unpaired) electrons. The van der Waals surface area contributed by atoms with E-state index in [0.29, 0.717) is 18.5 Å². The van der Waals surface area contributed by atoms with Crippen LogP contribution in [0.3, 0.4) is 0 Å². The molecule has 4 rings (SSSR count). The average Bonchev–Trinajstić information content (AvgIpc) is 3.08. The van der Waals surface area contributed by atoms with Crippen molar-refractivity contribution in [2.75, 3.05) is 13.6 Å². The lowest BCUT2D eigenvalue weighted by Crippen LogP contribution is -2.71. The second-order valence-corrected chi connectivity index (χ2v) is 8.75. The van der Waals surface area contributed by atoms with Crippen molar-refractivity contribution in [3.05, 3.63) is 35.1 Å². The Morgan fingerprint density at radius 2 is 2.10 bits per heavy atom. The van der Waals surface area contributed by atoms with E-state index in [9.17, 15) is 24.9 Å². The predicted molar refractivity (Wildman–Crippen MR) is 108 cm³/mol. The molecule has 2 heterocycles. The summed E-state index contributed by atoms with van der Waals surface area (Å²) in [4.78, 5) is 25.2. The second kappa shape index (κ2) is 7.22. The number of hydrogen-bond acceptors (Lipinski definition) is 8. The molecular formula is C22H27NO8. The smallest absolute Gasteiger partial charge is 0.333 e. The standard InChI is InChI=1S/C22H27NO8/c1-11-4-5-13(24)18-17(11)21-8-9-23(3)12(2)22(21,29)7-6-15(19(21)31-18)30-16(26)10-14(25)20(27)28/h4-6,12,14,19,24-25,29H,7-10H2,1-3H3,(H,27,28)/t12-,14-,19+,21+,22-/m1/s1. The molecular weight excluding hydrogens is 406 g/mol. The topological polar surface area (TPSA) is 137 Å². The fourth-order valence-corrected chi connectivity index (χ4v) is 5.42. The molecule has 0 aromatic heterocycles. The van der Waals surface area contributed by atoms with Gasteiger partial charge in [0, 0.05) is 18.0 Å². The normalized spacial score (nSPS) is 32.7. The van der Waals surface area contributed by atoms with Crippen molar-refractivity contribution in [3.63, 3.8) is 0 Å². The van der Waals surface area contributed by atoms with Gasteiger partial charge in [-0.3, -0.25) is 4.79 Å². The Hall–Kier alpha value is -2.62. The number of benzene rings is 1. The Morgan fingerprint density at radius 3 is 2.77 bits per heavy atom. The summed E-state index contributed by atoms with van der Waals surface area (Å²) in [5, 5.41) is 40.8. The maximum atomic E-state index is 12.3. The highest BCUT2D eigenvalue weighted by Crippen LogP contribution is 2.62. The van der Waals surface area contributed by atoms with Crippen molar-refractivity contribution in [1.82, 2.24) is 4.90 Å². The summed E-state index contributed by atoms with van der Waals surface area (Å²) in [6.07, 6.45) is -1.21. The maximum absolute atomic E-state index is 12.3. The third kappa shape index (κ3) is 2.95. The number of fused-ring (bicyclic) bond motifs is 1. The lowest BCUT2D eigenvalue weighted by Gasteiger charge is -2.58. The number of carboxylic acids is 1. The Balaban J connectivity index is 1.80. The number of nitrogens with zero attached hydrogens (tertiary/aromatic N) is 1. The van der Waals surface area contributed by atoms with Gasteiger partial charge in [0.15, 0.2) is 23.7 Å². The highest BCUT2D eigenvalue weighted by molar-refractivity contribution is 5.81. The molecule has 0 saturated carbocycles. The van der Waals surface area contributed by atoms with Gasteiger partial charge in [-0.05, 0) is 51.6 Å². The first-order valence-corrected chi connectivity index (χ1v) is 10.3. The van der Waals surface area contributed by atoms with Gasteiger partial charge in [-0.2, -0.15) is 0 Å². The molecule has 0 amide bonds. The Morgan fingerprint density at radius 1 is 1.39 bits per heavy atom. The van der Waals surface area contributed by atoms with Gasteiger partial charge in [-0.15, -0.1) is 0 Å². The number of carbonyl (C=O) groups excluding carboxylic acids is 1. The van der Waals surface area contributed by atoms with Crippen molar-refractivity contribution < 1.29 is 39.5 Å². The number of esters is 1. The lowest BCUT2D eigenvalue weighted by molar-refractivity contribution is -0.164. The van der Waals surface area contributed by atoms with Crippen molar-refractivity contribution in [2.24, 2.45) is 0 Å². The van der Waals surface area contributed by atoms with E-state index in [1.807, 2.05) is 20.9 Å². The highest BCUT2D eigenvalue weighted by Gasteiger charge is 2.69. The number of phenolic OH excluding ortho intramolecular Hbond substituents is 1. The molecule has 1 saturated heterocycles. The summed E-state index contributed by atoms with van der Waals surface area (Å²) in [5.41, 5.74) is -0.677. The number of aliphatic carboxylic acids is 1. The summed E-state index contributed by atoms with van der Waals surface area (Å²) in [7, 11) is 1.93. The van der Waals surface area contributed by atoms with Crippen LogP contribution < -0.4 is 4.74 Å². The molecule has 1 aliphatic carbocycles. The van der Waals surface area contributed by atoms with Crippen LogP contribution in [0.15, 0.2) is 24.0 Å². The van der Waals surface area contributed by atoms with E-state index in [4.69, 9.17) is 14.6 Å². The van der Waals surface area contributed by atoms with Crippen molar-refractivity contribution in [2.45, 2.75) is 62.4 Å². The monoisotopic (exact) mass is 433 g/mol. The molecule has 1 fully saturated rings. The summed E-state index contributed by atoms with van der Waals surface area (Å²) in [5.74, 6) is -2.09. The Kier molecular flexibility index (Phi) is 5.03. The number of carbonyl (C=O) groups is 2. The number of aryl methyl sites for hydroxylation is 1. The molecule has 1 aromatic carbocycles. The number of carboxylic acid groups (broad SMARTS) is 1. The van der Waals surface area contributed by atoms with Gasteiger partial charge in [0.25, 0.3) is 0 Å². The first-order valence-electron chi connectivity index (χ1n) is 10.3. The third-order valence-corrected chi connectivity index (χ3v) is 7.21. The van der Waals surface area contributed by atoms with Crippen molar-refractivity contribution >= 4 is 11.9 Å². The van der Waals surface area contributed by atoms with Gasteiger partial charge in [0.2, 0.25) is 0 Å². The number of phenols is 1. The third-order valence-electron chi connectivity index (χ3n) is 7.21. The molecule has 4 N–H and O–H groups in total. The van der Waals surface area contributed by atoms with E-state index in [-0.39, 0.29) is 29.7 Å². The zero-order valence-corrected chi connectivity index (χ0v) is 17.7. The van der Waals surface area contributed by atoms with Gasteiger partial charge in [0.1, 0.15) is 5.76 Å². The Labute approximate surface area is 179 Å². The van der Waals surface area contributed by atoms with Crippen LogP contribution in [-0.2, 0) is 19.7 Å². The van der Waals surface area contributed by atoms with Crippen molar-refractivity contribution in [1.29, 1.82) is 0 Å². The summed E-state index contributed by atoms with van der Waals surface area (Å²) >= 11 is 0. The van der Waals surface area contributed by atoms with Crippen LogP contribution in [0.1, 0.15) is 37.3 Å². The maximum Gasteiger partial charge on any atom is 0.333 e. The minimum absolute atomic E-state index is 0.0646. The van der Waals surface area contributed by atoms with E-state index in [1.165, 1.54) is 6.07 Å². The molecule has 0 unspecified atom stereocenters. The SMILES string of the molecule is Cc1ccc(O)c2c1[C@]13CCN(C)[C@H](C)[C@]1(O)CC=C(OC(=O)C[C@@H](O)C(=O)O)[C@@H]3O2. The molecule has 0 bridgehead atoms. The van der Waals surface area contributed by atoms with Crippen LogP contribution in [0, 0.1) is 6.92 Å². The minimum atomic E-state index is -1.88. The fourth-order valence-electron chi connectivity index (χ4n) is 5.42. The molecule has 3 aliphatic rings. The highest BCUT2D eigenvalue weighted by atomic mass is 16.6. The van der Waals surface area contributed by atoms with E-state index < -0.39 is 41.6 Å². The molecule has 5 atom stereocenters. The number of piperidine rings is 1. The Bertz CT molecular complexity index is 975. The van der Waals surface area contributed by atoms with Gasteiger partial charge >= 0.3 is 11.9 Å². The summed E-state index contributed by atoms with van der Waals surface area (Å²) in [6.45, 7) is 4.47. The van der Waals surface area contributed by atoms with Crippen molar-refractivity contribution in [3.8, 4) is 11.5 Å². The van der Waals surface area contributed by atoms with Crippen LogP contribution in [0.4, 0.5) is 0 Å². The van der Waals surface area contributed by atoms with E-state index >= 15 is 0 Å². The molecule has 168 valence electrons. The average molecular weight is 433 g/mol. The number of ether oxygens (including phenoxy) is 2. The zero-order chi connectivity index (χ0) is 22.7. The number of aromatic hydroxyl groups is 1. The first-order chi connectivity index (χ1) is 14.5. The van der Waals surface area contributed by atoms with Gasteiger partial charge < -0.3 is 34.8 Å². The van der Waals surface area contributed by atoms with Crippen LogP contribution in [-0.4, -0.2) is 74.7 Å². The predicted octanol–water partition coefficient (Wildman–Crippen LogP) is 0.821. The molecule has 31 heavy (non-hydrogen) atoms. The lowest BCUT2D eigenvalue weighted by atomic mass is 9.54. The van der Waals surface area contributed by atoms with Gasteiger partial charge in [0.05, 0.1) is 17.4 Å². The number of hydrogen-bond donors (Lipinski definition) is 4. The minimum Gasteiger partial charge on any atom is -0.504 e. The molecule has 1 spiro atoms. The summed E-state index contributed by atoms with van der Waals surface area (Å²) in [6, 6.07) is 3.05. The van der Waals surface area contributed by atoms with Crippen LogP contribution >= 0.6 is 0 Å². The number of likely N-dealkylation sites (N-methyl/N-ethyl adjacent to an activating group) is 1. The van der Waals surface area contributed by atoms with E-state index in [2.05, 4.69) is 4.90 Å². The molecule has 9 nitrogen and oxygen atoms in total. The van der Waals surface area contributed by atoms with E-state index in [1.54, 1.807) is 12.1 Å². The summed E-state index contributed by atoms with van der Waals surface area (Å²) < 4.78 is 11.6. The quantitative estimate of drug-likeness (QED) is 0.509. The zero-order valence-electron chi connectivity index (χ0n) is 17.7. The molecule has 1 aromatic rings. The van der Waals surface area contributed by atoms with Crippen LogP contribution in [0.2, 0.25) is 0 Å². The molecule has 9 heteroatoms. The van der Waals surface area contributed by atoms with E-state index in [0.717, 1.165) is 5.56 Å². The first kappa shape index (κ1) is 21.6. The van der Waals surface area contributed by atoms with Crippen LogP contribution in [0.25, 0.3) is 0 Å². The number of aliphatic hydroxyl groups is 2. The second-order valence-electron chi connectivity index (χ2n) is 8.75. The number of rotatable bonds is 4. The van der Waals surface area contributed by atoms with Gasteiger partial charge in [-0.25, -0.2) is 4.79 Å². The fraction of sp³-hybridized carbons (Fsp3) is 0.545. The number of likely N-dealkylation sites (tertiary alicyclic amines) is 1. The molecule has 2 aliphatic heterocycles. The van der Waals surface area contributed by atoms with Crippen LogP contribution in [0.5, 0.6) is 11.5 Å². The van der Waals surface area contributed by atoms with Gasteiger partial charge in [-0.1, -0.05) is 6.07 Å². The number of aliphatic hydroxyl groups excluding tert-OH is 1.